The largest absolute Gasteiger partial charge is 0.497 e. The van der Waals surface area contributed by atoms with Crippen LogP contribution in [0.25, 0.3) is 11.0 Å². The Hall–Kier alpha value is -3.34. The van der Waals surface area contributed by atoms with Gasteiger partial charge in [0.15, 0.2) is 9.84 Å². The number of sulfone groups is 1. The van der Waals surface area contributed by atoms with E-state index in [2.05, 4.69) is 0 Å². The fourth-order valence-electron chi connectivity index (χ4n) is 4.76. The summed E-state index contributed by atoms with van der Waals surface area (Å²) in [4.78, 5) is 40.6. The SMILES string of the molecule is CCCn1c(C(=O)N2CCC(S(=O)(=O)c3ccc(OC)cc3)CC2)cc2c(=O)n(C)c(=O)n(C)c21. The molecular formula is C24H30N4O6S. The van der Waals surface area contributed by atoms with Gasteiger partial charge in [0.1, 0.15) is 17.1 Å². The summed E-state index contributed by atoms with van der Waals surface area (Å²) in [7, 11) is 0.979. The van der Waals surface area contributed by atoms with Gasteiger partial charge in [-0.05, 0) is 49.6 Å². The number of methoxy groups -OCH3 is 1. The van der Waals surface area contributed by atoms with Crippen LogP contribution in [0.5, 0.6) is 5.75 Å². The lowest BCUT2D eigenvalue weighted by Gasteiger charge is -2.32. The molecule has 188 valence electrons. The van der Waals surface area contributed by atoms with Crippen molar-refractivity contribution in [3.05, 3.63) is 56.9 Å². The maximum absolute atomic E-state index is 13.5. The van der Waals surface area contributed by atoms with E-state index in [0.717, 1.165) is 4.57 Å². The highest BCUT2D eigenvalue weighted by Crippen LogP contribution is 2.27. The van der Waals surface area contributed by atoms with Gasteiger partial charge in [-0.25, -0.2) is 13.2 Å². The average molecular weight is 503 g/mol. The fourth-order valence-corrected chi connectivity index (χ4v) is 6.49. The normalized spacial score (nSPS) is 15.0. The van der Waals surface area contributed by atoms with Gasteiger partial charge < -0.3 is 14.2 Å². The molecule has 10 nitrogen and oxygen atoms in total. The van der Waals surface area contributed by atoms with Crippen LogP contribution in [0.1, 0.15) is 36.7 Å². The first-order chi connectivity index (χ1) is 16.6. The predicted octanol–water partition coefficient (Wildman–Crippen LogP) is 1.54. The molecule has 0 saturated carbocycles. The van der Waals surface area contributed by atoms with Gasteiger partial charge in [0.25, 0.3) is 11.5 Å². The maximum Gasteiger partial charge on any atom is 0.332 e. The summed E-state index contributed by atoms with van der Waals surface area (Å²) in [6.07, 6.45) is 1.33. The van der Waals surface area contributed by atoms with Crippen molar-refractivity contribution in [3.63, 3.8) is 0 Å². The number of amides is 1. The van der Waals surface area contributed by atoms with Crippen LogP contribution in [0.3, 0.4) is 0 Å². The highest BCUT2D eigenvalue weighted by molar-refractivity contribution is 7.92. The highest BCUT2D eigenvalue weighted by Gasteiger charge is 2.34. The molecule has 3 aromatic rings. The second-order valence-corrected chi connectivity index (χ2v) is 11.1. The van der Waals surface area contributed by atoms with E-state index in [1.165, 1.54) is 18.7 Å². The molecule has 1 saturated heterocycles. The van der Waals surface area contributed by atoms with Crippen LogP contribution in [0.4, 0.5) is 0 Å². The molecule has 35 heavy (non-hydrogen) atoms. The molecule has 11 heteroatoms. The standard InChI is InChI=1S/C24H30N4O6S/c1-5-12-28-20(15-19-21(28)25(2)24(31)26(3)22(19)29)23(30)27-13-10-18(11-14-27)35(32,33)17-8-6-16(34-4)7-9-17/h6-9,15,18H,5,10-14H2,1-4H3. The molecule has 0 radical (unpaired) electrons. The predicted molar refractivity (Wildman–Crippen MR) is 132 cm³/mol. The van der Waals surface area contributed by atoms with Gasteiger partial charge in [-0.3, -0.25) is 18.7 Å². The number of benzene rings is 1. The summed E-state index contributed by atoms with van der Waals surface area (Å²) < 4.78 is 35.5. The summed E-state index contributed by atoms with van der Waals surface area (Å²) >= 11 is 0. The topological polar surface area (TPSA) is 113 Å². The van der Waals surface area contributed by atoms with Crippen molar-refractivity contribution in [2.24, 2.45) is 14.1 Å². The lowest BCUT2D eigenvalue weighted by atomic mass is 10.1. The third-order valence-electron chi connectivity index (χ3n) is 6.72. The Kier molecular flexibility index (Phi) is 6.63. The molecule has 1 aliphatic heterocycles. The molecule has 0 unspecified atom stereocenters. The number of carbonyl (C=O) groups is 1. The van der Waals surface area contributed by atoms with Crippen molar-refractivity contribution in [1.29, 1.82) is 0 Å². The minimum Gasteiger partial charge on any atom is -0.497 e. The molecule has 0 aliphatic carbocycles. The van der Waals surface area contributed by atoms with Gasteiger partial charge in [-0.2, -0.15) is 0 Å². The van der Waals surface area contributed by atoms with Crippen LogP contribution in [0, 0.1) is 0 Å². The number of ether oxygens (including phenoxy) is 1. The van der Waals surface area contributed by atoms with Gasteiger partial charge in [0.2, 0.25) is 0 Å². The van der Waals surface area contributed by atoms with Crippen LogP contribution < -0.4 is 16.0 Å². The van der Waals surface area contributed by atoms with E-state index in [1.54, 1.807) is 46.8 Å². The number of hydrogen-bond donors (Lipinski definition) is 0. The second kappa shape index (κ2) is 9.37. The van der Waals surface area contributed by atoms with E-state index in [9.17, 15) is 22.8 Å². The van der Waals surface area contributed by atoms with Crippen molar-refractivity contribution < 1.29 is 17.9 Å². The van der Waals surface area contributed by atoms with Crippen molar-refractivity contribution >= 4 is 26.8 Å². The van der Waals surface area contributed by atoms with Crippen LogP contribution in [0.2, 0.25) is 0 Å². The molecule has 1 amide bonds. The van der Waals surface area contributed by atoms with Crippen molar-refractivity contribution in [2.75, 3.05) is 20.2 Å². The van der Waals surface area contributed by atoms with Gasteiger partial charge in [0, 0.05) is 33.7 Å². The number of piperidine rings is 1. The van der Waals surface area contributed by atoms with Crippen LogP contribution in [0.15, 0.2) is 44.8 Å². The van der Waals surface area contributed by atoms with E-state index in [4.69, 9.17) is 4.74 Å². The first-order valence-corrected chi connectivity index (χ1v) is 13.1. The smallest absolute Gasteiger partial charge is 0.332 e. The molecule has 0 spiro atoms. The number of likely N-dealkylation sites (tertiary alicyclic amines) is 1. The summed E-state index contributed by atoms with van der Waals surface area (Å²) in [6.45, 7) is 2.98. The van der Waals surface area contributed by atoms with Gasteiger partial charge in [-0.15, -0.1) is 0 Å². The third-order valence-corrected chi connectivity index (χ3v) is 9.00. The first-order valence-electron chi connectivity index (χ1n) is 11.6. The Morgan fingerprint density at radius 1 is 1.06 bits per heavy atom. The average Bonchev–Trinajstić information content (AvgIpc) is 3.25. The molecule has 0 atom stereocenters. The molecule has 4 rings (SSSR count). The second-order valence-electron chi connectivity index (χ2n) is 8.84. The molecule has 1 fully saturated rings. The molecule has 0 N–H and O–H groups in total. The van der Waals surface area contributed by atoms with Crippen molar-refractivity contribution in [1.82, 2.24) is 18.6 Å². The lowest BCUT2D eigenvalue weighted by Crippen LogP contribution is -2.43. The highest BCUT2D eigenvalue weighted by atomic mass is 32.2. The number of aryl methyl sites for hydroxylation is 2. The maximum atomic E-state index is 13.5. The zero-order valence-electron chi connectivity index (χ0n) is 20.4. The van der Waals surface area contributed by atoms with Crippen molar-refractivity contribution in [2.45, 2.75) is 42.9 Å². The lowest BCUT2D eigenvalue weighted by molar-refractivity contribution is 0.0715. The van der Waals surface area contributed by atoms with E-state index < -0.39 is 26.3 Å². The van der Waals surface area contributed by atoms with E-state index in [-0.39, 0.29) is 23.9 Å². The Morgan fingerprint density at radius 3 is 2.26 bits per heavy atom. The number of aromatic nitrogens is 3. The summed E-state index contributed by atoms with van der Waals surface area (Å²) in [5, 5.41) is -0.280. The monoisotopic (exact) mass is 502 g/mol. The van der Waals surface area contributed by atoms with Gasteiger partial charge in [0.05, 0.1) is 22.6 Å². The number of fused-ring (bicyclic) bond motifs is 1. The Labute approximate surface area is 203 Å². The van der Waals surface area contributed by atoms with Crippen LogP contribution in [-0.4, -0.2) is 58.4 Å². The quantitative estimate of drug-likeness (QED) is 0.505. The van der Waals surface area contributed by atoms with Crippen LogP contribution in [-0.2, 0) is 30.5 Å². The van der Waals surface area contributed by atoms with E-state index in [1.807, 2.05) is 6.92 Å². The molecular weight excluding hydrogens is 472 g/mol. The fraction of sp³-hybridized carbons (Fsp3) is 0.458. The van der Waals surface area contributed by atoms with E-state index >= 15 is 0 Å². The zero-order valence-corrected chi connectivity index (χ0v) is 21.2. The van der Waals surface area contributed by atoms with Crippen molar-refractivity contribution in [3.8, 4) is 5.75 Å². The minimum atomic E-state index is -3.54. The Morgan fingerprint density at radius 2 is 1.69 bits per heavy atom. The summed E-state index contributed by atoms with van der Waals surface area (Å²) in [6, 6.07) is 7.87. The van der Waals surface area contributed by atoms with Gasteiger partial charge in [-0.1, -0.05) is 6.92 Å². The minimum absolute atomic E-state index is 0.239. The Balaban J connectivity index is 1.61. The zero-order chi connectivity index (χ0) is 25.5. The number of rotatable bonds is 6. The number of carbonyl (C=O) groups excluding carboxylic acids is 1. The first kappa shape index (κ1) is 24.8. The summed E-state index contributed by atoms with van der Waals surface area (Å²) in [5.74, 6) is 0.309. The van der Waals surface area contributed by atoms with Crippen LogP contribution >= 0.6 is 0 Å². The summed E-state index contributed by atoms with van der Waals surface area (Å²) in [5.41, 5.74) is -0.158. The van der Waals surface area contributed by atoms with E-state index in [0.29, 0.717) is 48.3 Å². The van der Waals surface area contributed by atoms with Gasteiger partial charge >= 0.3 is 5.69 Å². The molecule has 1 aliphatic rings. The molecule has 1 aromatic carbocycles. The Bertz CT molecular complexity index is 1490. The number of nitrogens with zero attached hydrogens (tertiary/aromatic N) is 4. The number of hydrogen-bond acceptors (Lipinski definition) is 6. The molecule has 2 aromatic heterocycles. The third kappa shape index (κ3) is 4.18. The molecule has 0 bridgehead atoms. The molecule has 3 heterocycles.